The van der Waals surface area contributed by atoms with Gasteiger partial charge in [0.1, 0.15) is 0 Å². The summed E-state index contributed by atoms with van der Waals surface area (Å²) >= 11 is 0. The average molecular weight is 476 g/mol. The van der Waals surface area contributed by atoms with Gasteiger partial charge in [0.15, 0.2) is 5.78 Å². The first-order chi connectivity index (χ1) is 16.7. The van der Waals surface area contributed by atoms with Crippen molar-refractivity contribution in [1.29, 1.82) is 0 Å². The maximum Gasteiger partial charge on any atom is 0.220 e. The van der Waals surface area contributed by atoms with E-state index in [4.69, 9.17) is 0 Å². The highest BCUT2D eigenvalue weighted by atomic mass is 16.1. The third-order valence-electron chi connectivity index (χ3n) is 5.66. The molecule has 3 heteroatoms. The van der Waals surface area contributed by atoms with Gasteiger partial charge >= 0.3 is 0 Å². The molecule has 0 aliphatic heterocycles. The number of hydrogen-bond acceptors (Lipinski definition) is 2. The van der Waals surface area contributed by atoms with Crippen molar-refractivity contribution >= 4 is 22.5 Å². The molecule has 1 amide bonds. The molecule has 35 heavy (non-hydrogen) atoms. The van der Waals surface area contributed by atoms with Crippen LogP contribution in [0.25, 0.3) is 10.8 Å². The number of aryl methyl sites for hydroxylation is 2. The lowest BCUT2D eigenvalue weighted by Crippen LogP contribution is -2.19. The SMILES string of the molecule is CC(=O)c1ccc2ccccc2c1CCCc1ccccc1.CC(C)C.CCC(C)CC(=O)NC. The van der Waals surface area contributed by atoms with Crippen LogP contribution >= 0.6 is 0 Å². The molecule has 3 nitrogen and oxygen atoms in total. The van der Waals surface area contributed by atoms with Crippen LogP contribution in [0, 0.1) is 11.8 Å². The van der Waals surface area contributed by atoms with Crippen LogP contribution in [0.4, 0.5) is 0 Å². The van der Waals surface area contributed by atoms with E-state index in [1.165, 1.54) is 21.9 Å². The monoisotopic (exact) mass is 475 g/mol. The van der Waals surface area contributed by atoms with Crippen molar-refractivity contribution < 1.29 is 9.59 Å². The third-order valence-corrected chi connectivity index (χ3v) is 5.66. The number of ketones is 1. The molecular weight excluding hydrogens is 430 g/mol. The number of nitrogens with one attached hydrogen (secondary N) is 1. The topological polar surface area (TPSA) is 46.2 Å². The van der Waals surface area contributed by atoms with E-state index in [2.05, 4.69) is 76.3 Å². The molecule has 0 spiro atoms. The number of benzene rings is 3. The second-order valence-corrected chi connectivity index (χ2v) is 9.83. The summed E-state index contributed by atoms with van der Waals surface area (Å²) in [5.74, 6) is 1.65. The Hall–Kier alpha value is -2.94. The molecule has 1 unspecified atom stereocenters. The molecule has 0 saturated carbocycles. The van der Waals surface area contributed by atoms with Crippen LogP contribution in [0.3, 0.4) is 0 Å². The Balaban J connectivity index is 0.000000394. The quantitative estimate of drug-likeness (QED) is 0.335. The first-order valence-corrected chi connectivity index (χ1v) is 13.0. The van der Waals surface area contributed by atoms with Crippen LogP contribution in [0.15, 0.2) is 66.7 Å². The fraction of sp³-hybridized carbons (Fsp3) is 0.438. The van der Waals surface area contributed by atoms with Crippen LogP contribution in [0.2, 0.25) is 0 Å². The standard InChI is InChI=1S/C21H20O.C7H15NO.C4H10/c1-16(22)19-15-14-18-11-5-6-12-20(18)21(19)13-7-10-17-8-3-2-4-9-17;1-4-6(2)5-7(9)8-3;1-4(2)3/h2-6,8-9,11-12,14-15H,7,10,13H2,1H3;6H,4-5H2,1-3H3,(H,8,9);4H,1-3H3. The third kappa shape index (κ3) is 11.8. The van der Waals surface area contributed by atoms with Gasteiger partial charge in [0, 0.05) is 19.0 Å². The summed E-state index contributed by atoms with van der Waals surface area (Å²) in [7, 11) is 1.67. The maximum absolute atomic E-state index is 11.9. The molecule has 0 aliphatic carbocycles. The summed E-state index contributed by atoms with van der Waals surface area (Å²) in [5, 5.41) is 5.01. The lowest BCUT2D eigenvalue weighted by Gasteiger charge is -2.11. The Morgan fingerprint density at radius 2 is 1.43 bits per heavy atom. The Morgan fingerprint density at radius 1 is 0.829 bits per heavy atom. The van der Waals surface area contributed by atoms with Crippen molar-refractivity contribution in [1.82, 2.24) is 5.32 Å². The van der Waals surface area contributed by atoms with E-state index in [9.17, 15) is 9.59 Å². The van der Waals surface area contributed by atoms with Gasteiger partial charge in [0.25, 0.3) is 0 Å². The maximum atomic E-state index is 11.9. The minimum absolute atomic E-state index is 0.143. The highest BCUT2D eigenvalue weighted by molar-refractivity contribution is 6.01. The van der Waals surface area contributed by atoms with E-state index < -0.39 is 0 Å². The number of hydrogen-bond donors (Lipinski definition) is 1. The van der Waals surface area contributed by atoms with Crippen LogP contribution in [-0.4, -0.2) is 18.7 Å². The number of rotatable bonds is 8. The van der Waals surface area contributed by atoms with E-state index >= 15 is 0 Å². The van der Waals surface area contributed by atoms with E-state index in [0.717, 1.165) is 37.2 Å². The van der Waals surface area contributed by atoms with Crippen molar-refractivity contribution in [2.24, 2.45) is 11.8 Å². The van der Waals surface area contributed by atoms with Crippen molar-refractivity contribution in [3.05, 3.63) is 83.4 Å². The van der Waals surface area contributed by atoms with Gasteiger partial charge < -0.3 is 5.32 Å². The summed E-state index contributed by atoms with van der Waals surface area (Å²) in [6.07, 6.45) is 4.77. The van der Waals surface area contributed by atoms with Gasteiger partial charge in [-0.1, -0.05) is 108 Å². The zero-order chi connectivity index (χ0) is 26.2. The summed E-state index contributed by atoms with van der Waals surface area (Å²) < 4.78 is 0. The van der Waals surface area contributed by atoms with Gasteiger partial charge in [-0.3, -0.25) is 9.59 Å². The van der Waals surface area contributed by atoms with Crippen molar-refractivity contribution in [2.75, 3.05) is 7.05 Å². The van der Waals surface area contributed by atoms with Crippen LogP contribution in [0.1, 0.15) is 82.3 Å². The molecule has 0 fully saturated rings. The first kappa shape index (κ1) is 30.1. The molecule has 3 rings (SSSR count). The minimum Gasteiger partial charge on any atom is -0.359 e. The summed E-state index contributed by atoms with van der Waals surface area (Å²) in [6.45, 7) is 12.3. The van der Waals surface area contributed by atoms with Crippen LogP contribution < -0.4 is 5.32 Å². The highest BCUT2D eigenvalue weighted by Gasteiger charge is 2.11. The molecule has 190 valence electrons. The molecule has 0 aliphatic rings. The van der Waals surface area contributed by atoms with Gasteiger partial charge in [-0.05, 0) is 59.9 Å². The molecule has 1 N–H and O–H groups in total. The zero-order valence-corrected chi connectivity index (χ0v) is 22.9. The van der Waals surface area contributed by atoms with Crippen LogP contribution in [0.5, 0.6) is 0 Å². The predicted molar refractivity (Wildman–Crippen MR) is 151 cm³/mol. The normalized spacial score (nSPS) is 11.1. The molecule has 0 aromatic heterocycles. The van der Waals surface area contributed by atoms with E-state index in [-0.39, 0.29) is 11.7 Å². The lowest BCUT2D eigenvalue weighted by atomic mass is 9.92. The average Bonchev–Trinajstić information content (AvgIpc) is 2.84. The summed E-state index contributed by atoms with van der Waals surface area (Å²) in [4.78, 5) is 22.6. The molecule has 0 saturated heterocycles. The largest absolute Gasteiger partial charge is 0.359 e. The Labute approximate surface area is 213 Å². The second-order valence-electron chi connectivity index (χ2n) is 9.83. The highest BCUT2D eigenvalue weighted by Crippen LogP contribution is 2.25. The van der Waals surface area contributed by atoms with E-state index in [0.29, 0.717) is 12.3 Å². The first-order valence-electron chi connectivity index (χ1n) is 13.0. The molecule has 0 heterocycles. The lowest BCUT2D eigenvalue weighted by molar-refractivity contribution is -0.121. The van der Waals surface area contributed by atoms with Crippen molar-refractivity contribution in [3.8, 4) is 0 Å². The zero-order valence-electron chi connectivity index (χ0n) is 22.9. The van der Waals surface area contributed by atoms with Gasteiger partial charge in [0.05, 0.1) is 0 Å². The van der Waals surface area contributed by atoms with Crippen molar-refractivity contribution in [2.45, 2.75) is 73.6 Å². The number of Topliss-reactive ketones (excluding diaryl/α,β-unsaturated/α-hetero) is 1. The minimum atomic E-state index is 0.143. The van der Waals surface area contributed by atoms with E-state index in [1.807, 2.05) is 30.3 Å². The smallest absolute Gasteiger partial charge is 0.220 e. The van der Waals surface area contributed by atoms with Gasteiger partial charge in [0.2, 0.25) is 5.91 Å². The fourth-order valence-corrected chi connectivity index (χ4v) is 3.61. The molecule has 0 bridgehead atoms. The molecule has 1 atom stereocenters. The predicted octanol–water partition coefficient (Wildman–Crippen LogP) is 8.05. The molecule has 0 radical (unpaired) electrons. The van der Waals surface area contributed by atoms with Crippen LogP contribution in [-0.2, 0) is 17.6 Å². The molecule has 3 aromatic rings. The number of carbonyl (C=O) groups excluding carboxylic acids is 2. The Morgan fingerprint density at radius 3 is 2.00 bits per heavy atom. The molecule has 3 aromatic carbocycles. The number of fused-ring (bicyclic) bond motifs is 1. The summed E-state index contributed by atoms with van der Waals surface area (Å²) in [5.41, 5.74) is 3.42. The summed E-state index contributed by atoms with van der Waals surface area (Å²) in [6, 6.07) is 22.9. The second kappa shape index (κ2) is 16.6. The molecular formula is C32H45NO2. The van der Waals surface area contributed by atoms with Gasteiger partial charge in [-0.2, -0.15) is 0 Å². The van der Waals surface area contributed by atoms with Crippen molar-refractivity contribution in [3.63, 3.8) is 0 Å². The van der Waals surface area contributed by atoms with E-state index in [1.54, 1.807) is 14.0 Å². The fourth-order valence-electron chi connectivity index (χ4n) is 3.61. The Kier molecular flexibility index (Phi) is 14.3. The van der Waals surface area contributed by atoms with Gasteiger partial charge in [-0.25, -0.2) is 0 Å². The Bertz CT molecular complexity index is 1020. The number of carbonyl (C=O) groups is 2. The van der Waals surface area contributed by atoms with Gasteiger partial charge in [-0.15, -0.1) is 0 Å². The number of amides is 1.